The Morgan fingerprint density at radius 2 is 1.56 bits per heavy atom. The normalized spacial score (nSPS) is 17.4. The molecule has 41 heavy (non-hydrogen) atoms. The Kier molecular flexibility index (Phi) is 9.16. The summed E-state index contributed by atoms with van der Waals surface area (Å²) >= 11 is 6.36. The Morgan fingerprint density at radius 3 is 2.17 bits per heavy atom. The van der Waals surface area contributed by atoms with Crippen LogP contribution in [0.15, 0.2) is 66.7 Å². The summed E-state index contributed by atoms with van der Waals surface area (Å²) in [6.45, 7) is 1.63. The van der Waals surface area contributed by atoms with Gasteiger partial charge in [0.1, 0.15) is 0 Å². The van der Waals surface area contributed by atoms with E-state index in [4.69, 9.17) is 11.6 Å². The molecule has 1 saturated heterocycles. The molecule has 0 saturated carbocycles. The number of fused-ring (bicyclic) bond motifs is 3. The Hall–Kier alpha value is -3.15. The van der Waals surface area contributed by atoms with Gasteiger partial charge in [-0.1, -0.05) is 66.2 Å². The van der Waals surface area contributed by atoms with Crippen molar-refractivity contribution in [3.05, 3.63) is 94.0 Å². The summed E-state index contributed by atoms with van der Waals surface area (Å²) in [6.07, 6.45) is 0.984. The zero-order valence-electron chi connectivity index (χ0n) is 22.6. The van der Waals surface area contributed by atoms with Gasteiger partial charge in [-0.3, -0.25) is 30.4 Å². The summed E-state index contributed by atoms with van der Waals surface area (Å²) in [5.74, 6) is -1.23. The van der Waals surface area contributed by atoms with Crippen LogP contribution in [0.3, 0.4) is 0 Å². The highest BCUT2D eigenvalue weighted by molar-refractivity contribution is 6.30. The van der Waals surface area contributed by atoms with E-state index in [-0.39, 0.29) is 19.4 Å². The largest absolute Gasteiger partial charge is 0.395 e. The first-order valence-electron chi connectivity index (χ1n) is 13.9. The van der Waals surface area contributed by atoms with Crippen molar-refractivity contribution in [3.63, 3.8) is 0 Å². The molecule has 3 aromatic carbocycles. The van der Waals surface area contributed by atoms with Crippen LogP contribution in [0.1, 0.15) is 41.3 Å². The average molecular weight is 579 g/mol. The molecule has 2 aliphatic rings. The van der Waals surface area contributed by atoms with E-state index in [0.29, 0.717) is 48.7 Å². The number of carbonyl (C=O) groups excluding carboxylic acids is 2. The minimum Gasteiger partial charge on any atom is -0.395 e. The predicted molar refractivity (Wildman–Crippen MR) is 156 cm³/mol. The minimum atomic E-state index is -1.98. The monoisotopic (exact) mass is 578 g/mol. The summed E-state index contributed by atoms with van der Waals surface area (Å²) < 4.78 is 0. The summed E-state index contributed by atoms with van der Waals surface area (Å²) in [5.41, 5.74) is 2.22. The molecule has 3 aromatic rings. The fourth-order valence-electron chi connectivity index (χ4n) is 5.98. The van der Waals surface area contributed by atoms with Crippen LogP contribution in [0.5, 0.6) is 0 Å². The zero-order valence-corrected chi connectivity index (χ0v) is 23.4. The molecule has 2 amide bonds. The highest BCUT2D eigenvalue weighted by atomic mass is 35.5. The molecule has 1 aliphatic carbocycles. The summed E-state index contributed by atoms with van der Waals surface area (Å²) in [5, 5.41) is 40.0. The maximum atomic E-state index is 13.6. The Bertz CT molecular complexity index is 1360. The Labute approximate surface area is 244 Å². The van der Waals surface area contributed by atoms with Gasteiger partial charge in [-0.25, -0.2) is 0 Å². The van der Waals surface area contributed by atoms with Crippen molar-refractivity contribution in [2.24, 2.45) is 0 Å². The van der Waals surface area contributed by atoms with Gasteiger partial charge in [0.05, 0.1) is 25.4 Å². The molecule has 0 radical (unpaired) electrons. The Morgan fingerprint density at radius 1 is 0.951 bits per heavy atom. The summed E-state index contributed by atoms with van der Waals surface area (Å²) in [7, 11) is 0. The lowest BCUT2D eigenvalue weighted by Crippen LogP contribution is -2.51. The highest BCUT2D eigenvalue weighted by Crippen LogP contribution is 2.47. The number of likely N-dealkylation sites (tertiary alicyclic amines) is 1. The molecule has 0 bridgehead atoms. The van der Waals surface area contributed by atoms with Crippen molar-refractivity contribution in [2.45, 2.75) is 37.2 Å². The van der Waals surface area contributed by atoms with E-state index in [1.54, 1.807) is 30.3 Å². The number of halogens is 1. The van der Waals surface area contributed by atoms with Gasteiger partial charge < -0.3 is 15.3 Å². The number of hydrogen-bond acceptors (Lipinski definition) is 8. The van der Waals surface area contributed by atoms with Gasteiger partial charge in [-0.2, -0.15) is 0 Å². The predicted octanol–water partition coefficient (Wildman–Crippen LogP) is 2.03. The molecule has 0 aromatic heterocycles. The maximum absolute atomic E-state index is 13.6. The third kappa shape index (κ3) is 5.80. The molecule has 1 heterocycles. The molecule has 0 unspecified atom stereocenters. The van der Waals surface area contributed by atoms with Crippen molar-refractivity contribution in [3.8, 4) is 11.1 Å². The molecule has 1 atom stereocenters. The summed E-state index contributed by atoms with van der Waals surface area (Å²) in [4.78, 5) is 29.2. The minimum absolute atomic E-state index is 0.0517. The molecular weight excluding hydrogens is 544 g/mol. The van der Waals surface area contributed by atoms with E-state index in [0.717, 1.165) is 28.7 Å². The number of aliphatic hydroxyl groups excluding tert-OH is 2. The molecule has 1 fully saturated rings. The first-order valence-corrected chi connectivity index (χ1v) is 14.2. The zero-order chi connectivity index (χ0) is 29.0. The van der Waals surface area contributed by atoms with Crippen molar-refractivity contribution in [1.82, 2.24) is 20.9 Å². The van der Waals surface area contributed by atoms with Crippen molar-refractivity contribution in [1.29, 1.82) is 0 Å². The molecular formula is C31H35ClN4O5. The second-order valence-corrected chi connectivity index (χ2v) is 10.8. The molecule has 10 heteroatoms. The van der Waals surface area contributed by atoms with Gasteiger partial charge >= 0.3 is 0 Å². The lowest BCUT2D eigenvalue weighted by Gasteiger charge is -2.29. The van der Waals surface area contributed by atoms with Crippen molar-refractivity contribution >= 4 is 23.4 Å². The lowest BCUT2D eigenvalue weighted by atomic mass is 9.90. The third-order valence-corrected chi connectivity index (χ3v) is 8.10. The second kappa shape index (κ2) is 12.8. The highest BCUT2D eigenvalue weighted by Gasteiger charge is 2.48. The number of nitrogens with one attached hydrogen (secondary N) is 3. The van der Waals surface area contributed by atoms with Crippen LogP contribution < -0.4 is 16.0 Å². The topological polar surface area (TPSA) is 134 Å². The number of nitrogens with zero attached hydrogens (tertiary/aromatic N) is 1. The van der Waals surface area contributed by atoms with E-state index in [2.05, 4.69) is 16.0 Å². The number of amides is 2. The lowest BCUT2D eigenvalue weighted by molar-refractivity contribution is -0.142. The number of imide groups is 1. The van der Waals surface area contributed by atoms with E-state index in [1.165, 1.54) is 0 Å². The van der Waals surface area contributed by atoms with Crippen LogP contribution in [-0.2, 0) is 21.7 Å². The van der Waals surface area contributed by atoms with Gasteiger partial charge in [0.2, 0.25) is 5.91 Å². The number of hydrogen-bond donors (Lipinski definition) is 6. The average Bonchev–Trinajstić information content (AvgIpc) is 3.55. The van der Waals surface area contributed by atoms with Crippen LogP contribution in [0.2, 0.25) is 5.02 Å². The second-order valence-electron chi connectivity index (χ2n) is 10.4. The fraction of sp³-hybridized carbons (Fsp3) is 0.355. The molecule has 6 N–H and O–H groups in total. The van der Waals surface area contributed by atoms with Gasteiger partial charge in [0.15, 0.2) is 5.60 Å². The van der Waals surface area contributed by atoms with Gasteiger partial charge in [-0.15, -0.1) is 0 Å². The third-order valence-electron chi connectivity index (χ3n) is 7.87. The number of carbonyl (C=O) groups is 2. The van der Waals surface area contributed by atoms with Gasteiger partial charge in [-0.05, 0) is 53.8 Å². The SMILES string of the molecule is O=C(NC(=O)C1(O)c2ccccc2-c2ccccc21)[C@@H]1CCCN1Cc1cc(Cl)ccc1C(NCCO)NCCO. The molecule has 0 spiro atoms. The van der Waals surface area contributed by atoms with Gasteiger partial charge in [0, 0.05) is 35.8 Å². The smallest absolute Gasteiger partial charge is 0.268 e. The Balaban J connectivity index is 1.36. The fourth-order valence-corrected chi connectivity index (χ4v) is 6.17. The standard InChI is InChI=1S/C31H35ClN4O5/c32-21-11-12-22(28(33-13-16-37)34-14-17-38)20(18-21)19-36-15-5-10-27(36)29(39)35-30(40)31(41)25-8-3-1-6-23(25)24-7-2-4-9-26(24)31/h1-4,6-9,11-12,18,27-28,33-34,37-38,41H,5,10,13-17,19H2,(H,35,39,40)/t27-/m0/s1. The quantitative estimate of drug-likeness (QED) is 0.150. The van der Waals surface area contributed by atoms with E-state index < -0.39 is 23.5 Å². The van der Waals surface area contributed by atoms with Crippen LogP contribution in [0.25, 0.3) is 11.1 Å². The van der Waals surface area contributed by atoms with Crippen LogP contribution in [0.4, 0.5) is 0 Å². The van der Waals surface area contributed by atoms with E-state index in [9.17, 15) is 24.9 Å². The van der Waals surface area contributed by atoms with E-state index >= 15 is 0 Å². The van der Waals surface area contributed by atoms with Crippen molar-refractivity contribution in [2.75, 3.05) is 32.8 Å². The van der Waals surface area contributed by atoms with Crippen LogP contribution >= 0.6 is 11.6 Å². The first-order chi connectivity index (χ1) is 19.9. The maximum Gasteiger partial charge on any atom is 0.268 e. The van der Waals surface area contributed by atoms with Gasteiger partial charge in [0.25, 0.3) is 5.91 Å². The van der Waals surface area contributed by atoms with Crippen LogP contribution in [0, 0.1) is 0 Å². The number of aliphatic hydroxyl groups is 3. The van der Waals surface area contributed by atoms with Crippen molar-refractivity contribution < 1.29 is 24.9 Å². The molecule has 9 nitrogen and oxygen atoms in total. The van der Waals surface area contributed by atoms with Crippen LogP contribution in [-0.4, -0.2) is 70.9 Å². The first kappa shape index (κ1) is 29.3. The molecule has 1 aliphatic heterocycles. The number of rotatable bonds is 11. The number of benzene rings is 3. The van der Waals surface area contributed by atoms with E-state index in [1.807, 2.05) is 41.3 Å². The molecule has 216 valence electrons. The molecule has 5 rings (SSSR count). The summed E-state index contributed by atoms with van der Waals surface area (Å²) in [6, 6.07) is 19.3.